The lowest BCUT2D eigenvalue weighted by molar-refractivity contribution is 0.0665. The number of benzene rings is 1. The Morgan fingerprint density at radius 2 is 2.13 bits per heavy atom. The van der Waals surface area contributed by atoms with Crippen molar-refractivity contribution in [3.63, 3.8) is 0 Å². The van der Waals surface area contributed by atoms with Gasteiger partial charge in [-0.3, -0.25) is 0 Å². The molecule has 0 saturated heterocycles. The van der Waals surface area contributed by atoms with E-state index in [2.05, 4.69) is 0 Å². The third-order valence-electron chi connectivity index (χ3n) is 1.93. The minimum Gasteiger partial charge on any atom is -0.497 e. The molecule has 4 nitrogen and oxygen atoms in total. The topological polar surface area (TPSA) is 59.7 Å². The molecule has 15 heavy (non-hydrogen) atoms. The van der Waals surface area contributed by atoms with E-state index in [1.54, 1.807) is 25.3 Å². The number of hydrogen-bond donors (Lipinski definition) is 1. The molecule has 0 atom stereocenters. The number of fused-ring (bicyclic) bond motifs is 1. The standard InChI is InChI=1S/C10H8O4.ClH/c1-13-7-2-3-8-6(4-7)5-9(14-8)10(11)12;/h2-5H,1H3,(H,11,12);1H. The van der Waals surface area contributed by atoms with Gasteiger partial charge in [0.05, 0.1) is 7.11 Å². The second-order valence-electron chi connectivity index (χ2n) is 2.82. The van der Waals surface area contributed by atoms with Crippen LogP contribution in [0.1, 0.15) is 10.6 Å². The Labute approximate surface area is 91.9 Å². The molecule has 0 aliphatic heterocycles. The Balaban J connectivity index is 0.00000112. The van der Waals surface area contributed by atoms with Gasteiger partial charge >= 0.3 is 5.97 Å². The monoisotopic (exact) mass is 228 g/mol. The zero-order chi connectivity index (χ0) is 10.1. The summed E-state index contributed by atoms with van der Waals surface area (Å²) >= 11 is 0. The summed E-state index contributed by atoms with van der Waals surface area (Å²) in [5.41, 5.74) is 0.545. The molecular formula is C10H9ClO4. The summed E-state index contributed by atoms with van der Waals surface area (Å²) in [6.07, 6.45) is 0. The Hall–Kier alpha value is -1.68. The predicted octanol–water partition coefficient (Wildman–Crippen LogP) is 2.56. The van der Waals surface area contributed by atoms with Crippen molar-refractivity contribution in [3.05, 3.63) is 30.0 Å². The van der Waals surface area contributed by atoms with Gasteiger partial charge in [-0.05, 0) is 24.3 Å². The highest BCUT2D eigenvalue weighted by molar-refractivity contribution is 5.91. The number of ether oxygens (including phenoxy) is 1. The maximum absolute atomic E-state index is 10.6. The molecule has 0 unspecified atom stereocenters. The fourth-order valence-electron chi connectivity index (χ4n) is 1.25. The second-order valence-corrected chi connectivity index (χ2v) is 2.82. The van der Waals surface area contributed by atoms with Crippen LogP contribution in [-0.2, 0) is 0 Å². The fraction of sp³-hybridized carbons (Fsp3) is 0.100. The number of carboxylic acid groups (broad SMARTS) is 1. The summed E-state index contributed by atoms with van der Waals surface area (Å²) in [6.45, 7) is 0. The normalized spacial score (nSPS) is 9.67. The van der Waals surface area contributed by atoms with Crippen LogP contribution in [0.25, 0.3) is 11.0 Å². The van der Waals surface area contributed by atoms with Crippen LogP contribution in [0.5, 0.6) is 5.75 Å². The van der Waals surface area contributed by atoms with Crippen LogP contribution in [0.15, 0.2) is 28.7 Å². The van der Waals surface area contributed by atoms with Gasteiger partial charge in [-0.15, -0.1) is 12.4 Å². The highest BCUT2D eigenvalue weighted by Crippen LogP contribution is 2.23. The largest absolute Gasteiger partial charge is 0.497 e. The predicted molar refractivity (Wildman–Crippen MR) is 57.0 cm³/mol. The van der Waals surface area contributed by atoms with Crippen molar-refractivity contribution >= 4 is 29.3 Å². The van der Waals surface area contributed by atoms with Gasteiger partial charge in [-0.1, -0.05) is 0 Å². The molecule has 5 heteroatoms. The first kappa shape index (κ1) is 11.4. The lowest BCUT2D eigenvalue weighted by atomic mass is 10.2. The number of carbonyl (C=O) groups is 1. The summed E-state index contributed by atoms with van der Waals surface area (Å²) in [5.74, 6) is -0.455. The van der Waals surface area contributed by atoms with E-state index in [4.69, 9.17) is 14.3 Å². The summed E-state index contributed by atoms with van der Waals surface area (Å²) in [5, 5.41) is 9.41. The third kappa shape index (κ3) is 2.05. The molecule has 0 bridgehead atoms. The number of methoxy groups -OCH3 is 1. The number of hydrogen-bond acceptors (Lipinski definition) is 3. The fourth-order valence-corrected chi connectivity index (χ4v) is 1.25. The van der Waals surface area contributed by atoms with Crippen molar-refractivity contribution in [1.29, 1.82) is 0 Å². The Bertz CT molecular complexity index is 489. The van der Waals surface area contributed by atoms with E-state index >= 15 is 0 Å². The molecule has 0 aliphatic rings. The minimum atomic E-state index is -1.07. The molecule has 2 rings (SSSR count). The molecule has 0 saturated carbocycles. The van der Waals surface area contributed by atoms with Crippen molar-refractivity contribution in [3.8, 4) is 5.75 Å². The van der Waals surface area contributed by atoms with Gasteiger partial charge in [0, 0.05) is 5.39 Å². The average molecular weight is 229 g/mol. The molecule has 1 aromatic heterocycles. The molecule has 1 heterocycles. The highest BCUT2D eigenvalue weighted by Gasteiger charge is 2.10. The van der Waals surface area contributed by atoms with Crippen LogP contribution < -0.4 is 4.74 Å². The van der Waals surface area contributed by atoms with Gasteiger partial charge < -0.3 is 14.3 Å². The zero-order valence-corrected chi connectivity index (χ0v) is 8.71. The molecule has 1 aromatic carbocycles. The number of rotatable bonds is 2. The molecule has 80 valence electrons. The molecule has 2 aromatic rings. The first-order valence-corrected chi connectivity index (χ1v) is 4.01. The maximum atomic E-state index is 10.6. The highest BCUT2D eigenvalue weighted by atomic mass is 35.5. The number of aromatic carboxylic acids is 1. The van der Waals surface area contributed by atoms with Gasteiger partial charge in [-0.25, -0.2) is 4.79 Å². The molecule has 0 radical (unpaired) electrons. The van der Waals surface area contributed by atoms with Gasteiger partial charge in [0.15, 0.2) is 0 Å². The van der Waals surface area contributed by atoms with E-state index in [1.807, 2.05) is 0 Å². The van der Waals surface area contributed by atoms with Crippen LogP contribution in [0.3, 0.4) is 0 Å². The first-order chi connectivity index (χ1) is 6.70. The third-order valence-corrected chi connectivity index (χ3v) is 1.93. The van der Waals surface area contributed by atoms with E-state index in [0.29, 0.717) is 11.3 Å². The van der Waals surface area contributed by atoms with Crippen LogP contribution in [0, 0.1) is 0 Å². The molecule has 0 spiro atoms. The van der Waals surface area contributed by atoms with Gasteiger partial charge in [0.2, 0.25) is 5.76 Å². The second kappa shape index (κ2) is 4.23. The van der Waals surface area contributed by atoms with E-state index in [-0.39, 0.29) is 18.2 Å². The SMILES string of the molecule is COc1ccc2oc(C(=O)O)cc2c1.Cl. The van der Waals surface area contributed by atoms with E-state index in [0.717, 1.165) is 5.39 Å². The maximum Gasteiger partial charge on any atom is 0.371 e. The molecule has 1 N–H and O–H groups in total. The van der Waals surface area contributed by atoms with Gasteiger partial charge in [0.1, 0.15) is 11.3 Å². The minimum absolute atomic E-state index is 0. The van der Waals surface area contributed by atoms with Crippen molar-refractivity contribution in [2.75, 3.05) is 7.11 Å². The Morgan fingerprint density at radius 3 is 2.73 bits per heavy atom. The van der Waals surface area contributed by atoms with Crippen molar-refractivity contribution in [2.45, 2.75) is 0 Å². The van der Waals surface area contributed by atoms with Crippen LogP contribution >= 0.6 is 12.4 Å². The summed E-state index contributed by atoms with van der Waals surface area (Å²) < 4.78 is 10.1. The first-order valence-electron chi connectivity index (χ1n) is 4.01. The van der Waals surface area contributed by atoms with Crippen molar-refractivity contribution in [2.24, 2.45) is 0 Å². The number of furan rings is 1. The number of halogens is 1. The Morgan fingerprint density at radius 1 is 1.40 bits per heavy atom. The lowest BCUT2D eigenvalue weighted by Crippen LogP contribution is -1.91. The zero-order valence-electron chi connectivity index (χ0n) is 7.89. The summed E-state index contributed by atoms with van der Waals surface area (Å²) in [6, 6.07) is 6.60. The van der Waals surface area contributed by atoms with Crippen molar-refractivity contribution in [1.82, 2.24) is 0 Å². The number of carboxylic acids is 1. The summed E-state index contributed by atoms with van der Waals surface area (Å²) in [7, 11) is 1.55. The quantitative estimate of drug-likeness (QED) is 0.858. The molecular weight excluding hydrogens is 220 g/mol. The van der Waals surface area contributed by atoms with Gasteiger partial charge in [0.25, 0.3) is 0 Å². The van der Waals surface area contributed by atoms with Crippen LogP contribution in [-0.4, -0.2) is 18.2 Å². The van der Waals surface area contributed by atoms with Crippen LogP contribution in [0.2, 0.25) is 0 Å². The van der Waals surface area contributed by atoms with Crippen LogP contribution in [0.4, 0.5) is 0 Å². The molecule has 0 aliphatic carbocycles. The molecule has 0 fully saturated rings. The van der Waals surface area contributed by atoms with E-state index in [1.165, 1.54) is 6.07 Å². The van der Waals surface area contributed by atoms with E-state index < -0.39 is 5.97 Å². The molecule has 0 amide bonds. The smallest absolute Gasteiger partial charge is 0.371 e. The van der Waals surface area contributed by atoms with Crippen molar-refractivity contribution < 1.29 is 19.1 Å². The van der Waals surface area contributed by atoms with Gasteiger partial charge in [-0.2, -0.15) is 0 Å². The Kier molecular flexibility index (Phi) is 3.21. The lowest BCUT2D eigenvalue weighted by Gasteiger charge is -1.96. The average Bonchev–Trinajstić information content (AvgIpc) is 2.59. The summed E-state index contributed by atoms with van der Waals surface area (Å²) in [4.78, 5) is 10.6. The van der Waals surface area contributed by atoms with E-state index in [9.17, 15) is 4.79 Å².